The van der Waals surface area contributed by atoms with Gasteiger partial charge in [-0.15, -0.1) is 5.10 Å². The van der Waals surface area contributed by atoms with Crippen molar-refractivity contribution in [2.24, 2.45) is 0 Å². The van der Waals surface area contributed by atoms with Crippen molar-refractivity contribution < 1.29 is 4.42 Å². The van der Waals surface area contributed by atoms with Crippen molar-refractivity contribution in [2.75, 3.05) is 38.5 Å². The zero-order chi connectivity index (χ0) is 22.9. The Kier molecular flexibility index (Phi) is 5.97. The van der Waals surface area contributed by atoms with Crippen LogP contribution in [0.5, 0.6) is 0 Å². The topological polar surface area (TPSA) is 93.6 Å². The summed E-state index contributed by atoms with van der Waals surface area (Å²) < 4.78 is 9.24. The Balaban J connectivity index is 1.12. The number of piperazine rings is 1. The Morgan fingerprint density at radius 1 is 0.912 bits per heavy atom. The van der Waals surface area contributed by atoms with Gasteiger partial charge in [0.1, 0.15) is 5.65 Å². The first-order valence-corrected chi connectivity index (χ1v) is 12.8. The van der Waals surface area contributed by atoms with E-state index in [0.29, 0.717) is 23.2 Å². The molecule has 0 aromatic carbocycles. The van der Waals surface area contributed by atoms with E-state index in [9.17, 15) is 0 Å². The van der Waals surface area contributed by atoms with Gasteiger partial charge < -0.3 is 14.7 Å². The number of aromatic nitrogens is 5. The van der Waals surface area contributed by atoms with Crippen molar-refractivity contribution in [2.45, 2.75) is 57.5 Å². The van der Waals surface area contributed by atoms with Gasteiger partial charge in [-0.3, -0.25) is 9.80 Å². The molecule has 0 spiro atoms. The number of rotatable bonds is 5. The zero-order valence-electron chi connectivity index (χ0n) is 19.8. The van der Waals surface area contributed by atoms with E-state index >= 15 is 0 Å². The molecule has 0 radical (unpaired) electrons. The molecule has 1 aliphatic heterocycles. The highest BCUT2D eigenvalue weighted by Gasteiger charge is 2.24. The van der Waals surface area contributed by atoms with E-state index in [-0.39, 0.29) is 0 Å². The minimum atomic E-state index is 0.334. The summed E-state index contributed by atoms with van der Waals surface area (Å²) in [7, 11) is 0. The van der Waals surface area contributed by atoms with Crippen LogP contribution in [0.2, 0.25) is 0 Å². The Hall–Kier alpha value is -2.91. The average Bonchev–Trinajstić information content (AvgIpc) is 3.58. The largest absolute Gasteiger partial charge is 0.461 e. The van der Waals surface area contributed by atoms with E-state index in [2.05, 4.69) is 41.7 Å². The summed E-state index contributed by atoms with van der Waals surface area (Å²) in [6.07, 6.45) is 13.6. The quantitative estimate of drug-likeness (QED) is 0.484. The molecule has 0 amide bonds. The van der Waals surface area contributed by atoms with Crippen LogP contribution < -0.4 is 5.73 Å². The standard InChI is InChI=1S/C25H34N8O/c26-25-28-23-20(24-27-22(29-33(24)25)21-9-6-18-34-21)10-11-32(23)17-14-30-12-15-31(16-13-30)19-7-4-2-1-3-5-8-19/h6,9-11,18-19H,1-5,7-8,12-17H2,(H2,26,28). The molecule has 4 aromatic rings. The molecule has 5 heterocycles. The fourth-order valence-electron chi connectivity index (χ4n) is 5.66. The molecular weight excluding hydrogens is 428 g/mol. The summed E-state index contributed by atoms with van der Waals surface area (Å²) in [5.74, 6) is 1.47. The van der Waals surface area contributed by atoms with Crippen molar-refractivity contribution in [3.05, 3.63) is 30.7 Å². The maximum Gasteiger partial charge on any atom is 0.225 e. The van der Waals surface area contributed by atoms with Crippen LogP contribution >= 0.6 is 0 Å². The molecule has 6 rings (SSSR count). The molecule has 1 aliphatic carbocycles. The van der Waals surface area contributed by atoms with E-state index in [0.717, 1.165) is 43.3 Å². The lowest BCUT2D eigenvalue weighted by molar-refractivity contribution is 0.0821. The third-order valence-electron chi connectivity index (χ3n) is 7.62. The van der Waals surface area contributed by atoms with Crippen molar-refractivity contribution in [3.63, 3.8) is 0 Å². The van der Waals surface area contributed by atoms with Crippen LogP contribution in [0.15, 0.2) is 35.1 Å². The van der Waals surface area contributed by atoms with Crippen LogP contribution in [0.1, 0.15) is 44.9 Å². The molecule has 1 saturated carbocycles. The summed E-state index contributed by atoms with van der Waals surface area (Å²) in [6, 6.07) is 6.54. The predicted octanol–water partition coefficient (Wildman–Crippen LogP) is 3.65. The Morgan fingerprint density at radius 2 is 1.71 bits per heavy atom. The minimum absolute atomic E-state index is 0.334. The van der Waals surface area contributed by atoms with Gasteiger partial charge in [0.15, 0.2) is 11.4 Å². The summed E-state index contributed by atoms with van der Waals surface area (Å²) in [6.45, 7) is 6.57. The molecule has 34 heavy (non-hydrogen) atoms. The molecule has 2 N–H and O–H groups in total. The van der Waals surface area contributed by atoms with Crippen LogP contribution in [0.25, 0.3) is 28.3 Å². The minimum Gasteiger partial charge on any atom is -0.461 e. The summed E-state index contributed by atoms with van der Waals surface area (Å²) in [4.78, 5) is 14.7. The Bertz CT molecular complexity index is 1230. The maximum atomic E-state index is 6.25. The molecule has 2 fully saturated rings. The Labute approximate surface area is 199 Å². The monoisotopic (exact) mass is 462 g/mol. The number of nitrogens with zero attached hydrogens (tertiary/aromatic N) is 7. The lowest BCUT2D eigenvalue weighted by atomic mass is 9.95. The van der Waals surface area contributed by atoms with Gasteiger partial charge in [0.25, 0.3) is 0 Å². The summed E-state index contributed by atoms with van der Waals surface area (Å²) in [5, 5.41) is 5.44. The number of hydrogen-bond acceptors (Lipinski definition) is 7. The van der Waals surface area contributed by atoms with Gasteiger partial charge in [0.2, 0.25) is 11.8 Å². The number of hydrogen-bond donors (Lipinski definition) is 1. The van der Waals surface area contributed by atoms with Crippen LogP contribution in [-0.2, 0) is 6.54 Å². The molecule has 1 saturated heterocycles. The van der Waals surface area contributed by atoms with E-state index in [4.69, 9.17) is 10.2 Å². The van der Waals surface area contributed by atoms with Gasteiger partial charge in [-0.1, -0.05) is 32.1 Å². The molecule has 9 heteroatoms. The maximum absolute atomic E-state index is 6.25. The zero-order valence-corrected chi connectivity index (χ0v) is 19.8. The van der Waals surface area contributed by atoms with Crippen LogP contribution in [0.4, 0.5) is 5.95 Å². The van der Waals surface area contributed by atoms with Gasteiger partial charge in [-0.05, 0) is 31.0 Å². The lowest BCUT2D eigenvalue weighted by Crippen LogP contribution is -2.50. The van der Waals surface area contributed by atoms with Crippen molar-refractivity contribution in [1.29, 1.82) is 0 Å². The van der Waals surface area contributed by atoms with Crippen LogP contribution in [0.3, 0.4) is 0 Å². The molecule has 0 bridgehead atoms. The SMILES string of the molecule is Nc1nc2c(ccn2CCN2CCN(C3CCCCCCC3)CC2)c2nc(-c3ccco3)nn12. The highest BCUT2D eigenvalue weighted by Crippen LogP contribution is 2.25. The van der Waals surface area contributed by atoms with Gasteiger partial charge in [0.05, 0.1) is 11.6 Å². The van der Waals surface area contributed by atoms with Crippen LogP contribution in [0, 0.1) is 0 Å². The first kappa shape index (κ1) is 21.6. The number of anilines is 1. The summed E-state index contributed by atoms with van der Waals surface area (Å²) in [5.41, 5.74) is 7.82. The molecule has 2 aliphatic rings. The normalized spacial score (nSPS) is 19.6. The molecular formula is C25H34N8O. The van der Waals surface area contributed by atoms with Gasteiger partial charge in [-0.2, -0.15) is 9.50 Å². The highest BCUT2D eigenvalue weighted by atomic mass is 16.3. The number of fused-ring (bicyclic) bond motifs is 3. The predicted molar refractivity (Wildman–Crippen MR) is 133 cm³/mol. The smallest absolute Gasteiger partial charge is 0.225 e. The highest BCUT2D eigenvalue weighted by molar-refractivity contribution is 5.91. The van der Waals surface area contributed by atoms with Crippen molar-refractivity contribution >= 4 is 22.6 Å². The third-order valence-corrected chi connectivity index (χ3v) is 7.62. The van der Waals surface area contributed by atoms with Crippen molar-refractivity contribution in [1.82, 2.24) is 33.9 Å². The fourth-order valence-corrected chi connectivity index (χ4v) is 5.66. The van der Waals surface area contributed by atoms with Crippen LogP contribution in [-0.4, -0.2) is 72.7 Å². The van der Waals surface area contributed by atoms with E-state index < -0.39 is 0 Å². The number of nitrogens with two attached hydrogens (primary N) is 1. The van der Waals surface area contributed by atoms with Gasteiger partial charge in [0, 0.05) is 51.5 Å². The molecule has 180 valence electrons. The second-order valence-electron chi connectivity index (χ2n) is 9.74. The first-order valence-electron chi connectivity index (χ1n) is 12.8. The molecule has 9 nitrogen and oxygen atoms in total. The number of furan rings is 1. The average molecular weight is 463 g/mol. The van der Waals surface area contributed by atoms with Gasteiger partial charge in [-0.25, -0.2) is 4.98 Å². The molecule has 0 atom stereocenters. The molecule has 0 unspecified atom stereocenters. The Morgan fingerprint density at radius 3 is 2.47 bits per heavy atom. The van der Waals surface area contributed by atoms with E-state index in [1.54, 1.807) is 10.8 Å². The molecule has 4 aromatic heterocycles. The first-order chi connectivity index (χ1) is 16.8. The fraction of sp³-hybridized carbons (Fsp3) is 0.560. The third kappa shape index (κ3) is 4.18. The lowest BCUT2D eigenvalue weighted by Gasteiger charge is -2.40. The van der Waals surface area contributed by atoms with Gasteiger partial charge >= 0.3 is 0 Å². The second-order valence-corrected chi connectivity index (χ2v) is 9.74. The van der Waals surface area contributed by atoms with Crippen molar-refractivity contribution in [3.8, 4) is 11.6 Å². The summed E-state index contributed by atoms with van der Waals surface area (Å²) >= 11 is 0. The van der Waals surface area contributed by atoms with E-state index in [1.165, 1.54) is 58.0 Å². The van der Waals surface area contributed by atoms with E-state index in [1.807, 2.05) is 12.1 Å². The number of nitrogen functional groups attached to an aromatic ring is 1. The second kappa shape index (κ2) is 9.38.